The molecule has 2 N–H and O–H groups in total. The van der Waals surface area contributed by atoms with Crippen molar-refractivity contribution in [1.82, 2.24) is 15.5 Å². The number of urea groups is 1. The molecule has 0 aliphatic carbocycles. The monoisotopic (exact) mass is 494 g/mol. The molecule has 0 bridgehead atoms. The molecule has 35 heavy (non-hydrogen) atoms. The van der Waals surface area contributed by atoms with Crippen molar-refractivity contribution in [3.63, 3.8) is 0 Å². The predicted molar refractivity (Wildman–Crippen MR) is 141 cm³/mol. The van der Waals surface area contributed by atoms with Gasteiger partial charge in [0.25, 0.3) is 0 Å². The lowest BCUT2D eigenvalue weighted by Crippen LogP contribution is -2.52. The van der Waals surface area contributed by atoms with Gasteiger partial charge in [-0.2, -0.15) is 0 Å². The first-order valence-corrected chi connectivity index (χ1v) is 13.3. The lowest BCUT2D eigenvalue weighted by atomic mass is 9.95. The van der Waals surface area contributed by atoms with Gasteiger partial charge in [-0.05, 0) is 61.9 Å². The SMILES string of the molecule is CCOC(=O)C1=C(CN2CCN(c3cccc(C)c3C)CC2)NC(=O)NC1c1ccc(SC)cc1. The van der Waals surface area contributed by atoms with Crippen LogP contribution in [0.3, 0.4) is 0 Å². The Bertz CT molecular complexity index is 1110. The van der Waals surface area contributed by atoms with Crippen LogP contribution in [0.15, 0.2) is 58.6 Å². The van der Waals surface area contributed by atoms with E-state index in [-0.39, 0.29) is 12.6 Å². The second-order valence-electron chi connectivity index (χ2n) is 8.90. The molecular weight excluding hydrogens is 460 g/mol. The molecule has 0 saturated carbocycles. The van der Waals surface area contributed by atoms with Crippen LogP contribution in [0, 0.1) is 13.8 Å². The lowest BCUT2D eigenvalue weighted by molar-refractivity contribution is -0.139. The van der Waals surface area contributed by atoms with Crippen molar-refractivity contribution in [2.75, 3.05) is 50.5 Å². The van der Waals surface area contributed by atoms with E-state index < -0.39 is 12.0 Å². The van der Waals surface area contributed by atoms with Crippen LogP contribution in [-0.2, 0) is 9.53 Å². The summed E-state index contributed by atoms with van der Waals surface area (Å²) in [5, 5.41) is 5.83. The number of aryl methyl sites for hydroxylation is 1. The molecule has 1 unspecified atom stereocenters. The van der Waals surface area contributed by atoms with E-state index in [1.54, 1.807) is 18.7 Å². The van der Waals surface area contributed by atoms with Crippen LogP contribution in [-0.4, -0.2) is 62.5 Å². The van der Waals surface area contributed by atoms with Crippen molar-refractivity contribution in [2.24, 2.45) is 0 Å². The zero-order valence-electron chi connectivity index (χ0n) is 20.9. The molecule has 2 aliphatic heterocycles. The Hall–Kier alpha value is -2.97. The number of rotatable bonds is 7. The lowest BCUT2D eigenvalue weighted by Gasteiger charge is -2.38. The van der Waals surface area contributed by atoms with Crippen LogP contribution < -0.4 is 15.5 Å². The van der Waals surface area contributed by atoms with E-state index in [4.69, 9.17) is 4.74 Å². The standard InChI is InChI=1S/C27H34N4O3S/c1-5-34-26(32)24-22(28-27(33)29-25(24)20-9-11-21(35-4)12-10-20)17-30-13-15-31(16-14-30)23-8-6-7-18(2)19(23)3/h6-12,25H,5,13-17H2,1-4H3,(H2,28,29,33). The third kappa shape index (κ3) is 5.65. The Labute approximate surface area is 211 Å². The third-order valence-electron chi connectivity index (χ3n) is 6.77. The van der Waals surface area contributed by atoms with Crippen LogP contribution in [0.4, 0.5) is 10.5 Å². The van der Waals surface area contributed by atoms with Crippen molar-refractivity contribution >= 4 is 29.4 Å². The van der Waals surface area contributed by atoms with Crippen molar-refractivity contribution in [3.8, 4) is 0 Å². The van der Waals surface area contributed by atoms with Crippen LogP contribution >= 0.6 is 11.8 Å². The number of carbonyl (C=O) groups excluding carboxylic acids is 2. The van der Waals surface area contributed by atoms with Crippen LogP contribution in [0.1, 0.15) is 29.7 Å². The number of benzene rings is 2. The van der Waals surface area contributed by atoms with E-state index >= 15 is 0 Å². The summed E-state index contributed by atoms with van der Waals surface area (Å²) < 4.78 is 5.41. The highest BCUT2D eigenvalue weighted by Crippen LogP contribution is 2.30. The number of esters is 1. The first kappa shape index (κ1) is 25.1. The van der Waals surface area contributed by atoms with Gasteiger partial charge in [0.2, 0.25) is 0 Å². The molecule has 2 aliphatic rings. The van der Waals surface area contributed by atoms with Gasteiger partial charge in [0.15, 0.2) is 0 Å². The third-order valence-corrected chi connectivity index (χ3v) is 7.51. The summed E-state index contributed by atoms with van der Waals surface area (Å²) in [6.45, 7) is 10.3. The maximum Gasteiger partial charge on any atom is 0.338 e. The van der Waals surface area contributed by atoms with E-state index in [1.807, 2.05) is 30.5 Å². The summed E-state index contributed by atoms with van der Waals surface area (Å²) in [7, 11) is 0. The molecule has 1 atom stereocenters. The minimum atomic E-state index is -0.551. The second-order valence-corrected chi connectivity index (χ2v) is 9.78. The zero-order chi connectivity index (χ0) is 24.9. The van der Waals surface area contributed by atoms with Crippen LogP contribution in [0.25, 0.3) is 0 Å². The molecule has 7 nitrogen and oxygen atoms in total. The van der Waals surface area contributed by atoms with Gasteiger partial charge in [-0.3, -0.25) is 4.90 Å². The number of carbonyl (C=O) groups is 2. The first-order valence-electron chi connectivity index (χ1n) is 12.1. The van der Waals surface area contributed by atoms with Gasteiger partial charge < -0.3 is 20.3 Å². The number of nitrogens with zero attached hydrogens (tertiary/aromatic N) is 2. The normalized spacial score (nSPS) is 18.8. The molecule has 0 aromatic heterocycles. The minimum absolute atomic E-state index is 0.274. The summed E-state index contributed by atoms with van der Waals surface area (Å²) in [6.07, 6.45) is 2.02. The van der Waals surface area contributed by atoms with Crippen molar-refractivity contribution < 1.29 is 14.3 Å². The van der Waals surface area contributed by atoms with Crippen molar-refractivity contribution in [2.45, 2.75) is 31.7 Å². The summed E-state index contributed by atoms with van der Waals surface area (Å²) >= 11 is 1.65. The van der Waals surface area contributed by atoms with Crippen LogP contribution in [0.2, 0.25) is 0 Å². The highest BCUT2D eigenvalue weighted by Gasteiger charge is 2.34. The molecule has 2 amide bonds. The highest BCUT2D eigenvalue weighted by molar-refractivity contribution is 7.98. The number of hydrogen-bond acceptors (Lipinski definition) is 6. The first-order chi connectivity index (χ1) is 16.9. The van der Waals surface area contributed by atoms with E-state index in [2.05, 4.69) is 52.5 Å². The molecule has 0 radical (unpaired) electrons. The topological polar surface area (TPSA) is 73.9 Å². The number of amides is 2. The predicted octanol–water partition coefficient (Wildman–Crippen LogP) is 4.02. The van der Waals surface area contributed by atoms with Crippen molar-refractivity contribution in [1.29, 1.82) is 0 Å². The molecule has 1 saturated heterocycles. The number of piperazine rings is 1. The Morgan fingerprint density at radius 1 is 1.09 bits per heavy atom. The fourth-order valence-corrected chi connectivity index (χ4v) is 5.10. The van der Waals surface area contributed by atoms with E-state index in [9.17, 15) is 9.59 Å². The summed E-state index contributed by atoms with van der Waals surface area (Å²) in [5.41, 5.74) is 5.84. The van der Waals surface area contributed by atoms with Gasteiger partial charge in [-0.25, -0.2) is 9.59 Å². The average Bonchev–Trinajstić information content (AvgIpc) is 2.86. The van der Waals surface area contributed by atoms with E-state index in [0.29, 0.717) is 17.8 Å². The van der Waals surface area contributed by atoms with Gasteiger partial charge in [0.05, 0.1) is 18.2 Å². The Kier molecular flexibility index (Phi) is 8.03. The summed E-state index contributed by atoms with van der Waals surface area (Å²) in [6, 6.07) is 13.5. The fourth-order valence-electron chi connectivity index (χ4n) is 4.69. The molecule has 186 valence electrons. The van der Waals surface area contributed by atoms with Crippen molar-refractivity contribution in [3.05, 3.63) is 70.4 Å². The van der Waals surface area contributed by atoms with Gasteiger partial charge in [0, 0.05) is 49.0 Å². The molecule has 8 heteroatoms. The molecule has 1 fully saturated rings. The smallest absolute Gasteiger partial charge is 0.338 e. The molecule has 0 spiro atoms. The number of thioether (sulfide) groups is 1. The maximum atomic E-state index is 13.1. The van der Waals surface area contributed by atoms with Gasteiger partial charge >= 0.3 is 12.0 Å². The van der Waals surface area contributed by atoms with Gasteiger partial charge in [-0.1, -0.05) is 24.3 Å². The summed E-state index contributed by atoms with van der Waals surface area (Å²) in [4.78, 5) is 31.5. The zero-order valence-corrected chi connectivity index (χ0v) is 21.7. The van der Waals surface area contributed by atoms with Crippen LogP contribution in [0.5, 0.6) is 0 Å². The van der Waals surface area contributed by atoms with Gasteiger partial charge in [0.1, 0.15) is 0 Å². The van der Waals surface area contributed by atoms with E-state index in [0.717, 1.165) is 36.6 Å². The highest BCUT2D eigenvalue weighted by atomic mass is 32.2. The number of nitrogens with one attached hydrogen (secondary N) is 2. The maximum absolute atomic E-state index is 13.1. The number of ether oxygens (including phenoxy) is 1. The molecule has 2 aromatic carbocycles. The number of anilines is 1. The fraction of sp³-hybridized carbons (Fsp3) is 0.407. The Morgan fingerprint density at radius 3 is 2.46 bits per heavy atom. The Morgan fingerprint density at radius 2 is 1.80 bits per heavy atom. The second kappa shape index (κ2) is 11.2. The Balaban J connectivity index is 1.56. The minimum Gasteiger partial charge on any atom is -0.463 e. The van der Waals surface area contributed by atoms with Gasteiger partial charge in [-0.15, -0.1) is 11.8 Å². The molecule has 2 heterocycles. The number of hydrogen-bond donors (Lipinski definition) is 2. The largest absolute Gasteiger partial charge is 0.463 e. The van der Waals surface area contributed by atoms with E-state index in [1.165, 1.54) is 16.8 Å². The molecule has 4 rings (SSSR count). The quantitative estimate of drug-likeness (QED) is 0.448. The molecule has 2 aromatic rings. The summed E-state index contributed by atoms with van der Waals surface area (Å²) in [5.74, 6) is -0.400. The average molecular weight is 495 g/mol. The molecular formula is C27H34N4O3S.